The van der Waals surface area contributed by atoms with Crippen LogP contribution in [0.1, 0.15) is 92.2 Å². The van der Waals surface area contributed by atoms with E-state index < -0.39 is 0 Å². The van der Waals surface area contributed by atoms with E-state index in [1.165, 1.54) is 5.56 Å². The van der Waals surface area contributed by atoms with Crippen LogP contribution in [0.5, 0.6) is 17.2 Å². The molecule has 2 heterocycles. The summed E-state index contributed by atoms with van der Waals surface area (Å²) in [5.41, 5.74) is 7.64. The maximum Gasteiger partial charge on any atom is 0.207 e. The fourth-order valence-electron chi connectivity index (χ4n) is 7.10. The van der Waals surface area contributed by atoms with Gasteiger partial charge in [-0.25, -0.2) is 9.99 Å². The van der Waals surface area contributed by atoms with Gasteiger partial charge >= 0.3 is 0 Å². The van der Waals surface area contributed by atoms with E-state index in [2.05, 4.69) is 70.7 Å². The number of rotatable bonds is 25. The lowest BCUT2D eigenvalue weighted by Gasteiger charge is -2.40. The van der Waals surface area contributed by atoms with Gasteiger partial charge in [-0.05, 0) is 105 Å². The molecular formula is C49H60ClN3O5S. The van der Waals surface area contributed by atoms with Gasteiger partial charge in [0.15, 0.2) is 0 Å². The highest BCUT2D eigenvalue weighted by molar-refractivity contribution is 7.22. The third kappa shape index (κ3) is 12.3. The van der Waals surface area contributed by atoms with Crippen molar-refractivity contribution in [2.45, 2.75) is 92.3 Å². The first kappa shape index (κ1) is 44.2. The van der Waals surface area contributed by atoms with Crippen molar-refractivity contribution in [3.05, 3.63) is 124 Å². The fraction of sp³-hybridized carbons (Fsp3) is 0.429. The molecule has 314 valence electrons. The number of anilines is 1. The normalized spacial score (nSPS) is 13.4. The maximum atomic E-state index is 6.72. The minimum atomic E-state index is 0.241. The Labute approximate surface area is 360 Å². The number of aromatic nitrogens is 1. The molecule has 0 radical (unpaired) electrons. The molecule has 1 aliphatic rings. The number of hydrogen-bond acceptors (Lipinski definition) is 9. The van der Waals surface area contributed by atoms with Crippen LogP contribution in [0.3, 0.4) is 0 Å². The van der Waals surface area contributed by atoms with Gasteiger partial charge in [0, 0.05) is 35.8 Å². The summed E-state index contributed by atoms with van der Waals surface area (Å²) in [6.07, 6.45) is 12.1. The number of fused-ring (bicyclic) bond motifs is 1. The number of nitrogens with zero attached hydrogens (tertiary/aromatic N) is 3. The molecule has 0 unspecified atom stereocenters. The number of para-hydroxylation sites is 1. The summed E-state index contributed by atoms with van der Waals surface area (Å²) in [4.78, 5) is 4.90. The summed E-state index contributed by atoms with van der Waals surface area (Å²) < 4.78 is 31.6. The zero-order valence-electron chi connectivity index (χ0n) is 35.3. The molecular weight excluding hydrogens is 778 g/mol. The second-order valence-electron chi connectivity index (χ2n) is 15.5. The number of benzene rings is 4. The number of halogens is 1. The van der Waals surface area contributed by atoms with Crippen LogP contribution in [0.4, 0.5) is 5.13 Å². The fourth-order valence-corrected chi connectivity index (χ4v) is 8.28. The van der Waals surface area contributed by atoms with E-state index >= 15 is 0 Å². The molecule has 0 amide bonds. The number of unbranched alkanes of at least 4 members (excludes halogenated alkanes) is 3. The van der Waals surface area contributed by atoms with Gasteiger partial charge in [0.1, 0.15) is 30.5 Å². The van der Waals surface area contributed by atoms with Crippen molar-refractivity contribution in [1.29, 1.82) is 0 Å². The van der Waals surface area contributed by atoms with Gasteiger partial charge in [0.05, 0.1) is 47.9 Å². The number of hydrogen-bond donors (Lipinski definition) is 0. The molecule has 8 nitrogen and oxygen atoms in total. The summed E-state index contributed by atoms with van der Waals surface area (Å²) in [6, 6.07) is 24.5. The summed E-state index contributed by atoms with van der Waals surface area (Å²) in [7, 11) is 0. The van der Waals surface area contributed by atoms with Gasteiger partial charge in [-0.2, -0.15) is 5.10 Å². The Morgan fingerprint density at radius 2 is 1.69 bits per heavy atom. The zero-order chi connectivity index (χ0) is 41.5. The van der Waals surface area contributed by atoms with Crippen molar-refractivity contribution in [2.75, 3.05) is 44.6 Å². The molecule has 1 saturated heterocycles. The lowest BCUT2D eigenvalue weighted by molar-refractivity contribution is -0.150. The topological polar surface area (TPSA) is 74.6 Å². The molecule has 0 saturated carbocycles. The molecule has 0 spiro atoms. The predicted octanol–water partition coefficient (Wildman–Crippen LogP) is 12.5. The molecule has 4 aromatic carbocycles. The Morgan fingerprint density at radius 1 is 0.915 bits per heavy atom. The maximum absolute atomic E-state index is 6.72. The highest BCUT2D eigenvalue weighted by Crippen LogP contribution is 2.34. The van der Waals surface area contributed by atoms with Crippen LogP contribution in [-0.4, -0.2) is 50.8 Å². The molecule has 1 aliphatic heterocycles. The van der Waals surface area contributed by atoms with Crippen LogP contribution < -0.4 is 19.2 Å². The molecule has 1 fully saturated rings. The van der Waals surface area contributed by atoms with Crippen LogP contribution >= 0.6 is 22.9 Å². The van der Waals surface area contributed by atoms with E-state index in [9.17, 15) is 0 Å². The highest BCUT2D eigenvalue weighted by atomic mass is 35.5. The first-order valence-corrected chi connectivity index (χ1v) is 22.3. The molecule has 5 aromatic rings. The summed E-state index contributed by atoms with van der Waals surface area (Å²) in [5.74, 6) is 2.15. The van der Waals surface area contributed by atoms with Gasteiger partial charge in [-0.3, -0.25) is 0 Å². The van der Waals surface area contributed by atoms with E-state index in [0.717, 1.165) is 127 Å². The van der Waals surface area contributed by atoms with Crippen LogP contribution in [0, 0.1) is 19.3 Å². The predicted molar refractivity (Wildman–Crippen MR) is 244 cm³/mol. The van der Waals surface area contributed by atoms with Crippen molar-refractivity contribution < 1.29 is 23.7 Å². The van der Waals surface area contributed by atoms with Gasteiger partial charge in [-0.1, -0.05) is 92.1 Å². The SMILES string of the molecule is C=CCCN(/N=C/c1c(COc2ccc(OCc3ccc(CCC)cc3)c(Cl)c2)cc(C)c(OCCCCCCOCC2(CC)COC2)c1C)c1nc2ccccc2s1. The van der Waals surface area contributed by atoms with E-state index in [1.807, 2.05) is 53.7 Å². The molecule has 0 atom stereocenters. The summed E-state index contributed by atoms with van der Waals surface area (Å²) in [6.45, 7) is 17.9. The standard InChI is InChI=1S/C49H60ClN3O5S/c1-6-9-25-53(48-52-44-17-12-13-18-46(44)59-48)51-30-42-37(5)47(56-27-15-11-10-14-26-54-33-49(8-3)34-55-35-49)36(4)28-40(42)32-57-41-23-24-45(43(50)29-41)58-31-39-21-19-38(16-7-2)20-22-39/h6,12-13,17-24,28-30H,1,7-11,14-16,25-27,31-35H2,2-5H3/b51-30+. The molecule has 0 aliphatic carbocycles. The number of aryl methyl sites for hydroxylation is 2. The molecule has 6 rings (SSSR count). The number of hydrazone groups is 1. The monoisotopic (exact) mass is 837 g/mol. The average Bonchev–Trinajstić information content (AvgIpc) is 3.66. The van der Waals surface area contributed by atoms with Gasteiger partial charge in [0.2, 0.25) is 5.13 Å². The summed E-state index contributed by atoms with van der Waals surface area (Å²) in [5, 5.41) is 8.34. The lowest BCUT2D eigenvalue weighted by Crippen LogP contribution is -2.45. The Hall–Kier alpha value is -4.41. The van der Waals surface area contributed by atoms with E-state index in [-0.39, 0.29) is 5.41 Å². The van der Waals surface area contributed by atoms with Crippen LogP contribution in [-0.2, 0) is 29.1 Å². The second-order valence-corrected chi connectivity index (χ2v) is 16.9. The van der Waals surface area contributed by atoms with Crippen molar-refractivity contribution in [3.63, 3.8) is 0 Å². The second kappa shape index (κ2) is 22.3. The van der Waals surface area contributed by atoms with Gasteiger partial charge in [0.25, 0.3) is 0 Å². The highest BCUT2D eigenvalue weighted by Gasteiger charge is 2.36. The Kier molecular flexibility index (Phi) is 16.7. The first-order valence-electron chi connectivity index (χ1n) is 21.1. The van der Waals surface area contributed by atoms with E-state index in [0.29, 0.717) is 42.9 Å². The minimum Gasteiger partial charge on any atom is -0.493 e. The first-order chi connectivity index (χ1) is 28.8. The molecule has 0 N–H and O–H groups in total. The van der Waals surface area contributed by atoms with Crippen molar-refractivity contribution in [2.24, 2.45) is 10.5 Å². The van der Waals surface area contributed by atoms with Crippen LogP contribution in [0.25, 0.3) is 10.2 Å². The van der Waals surface area contributed by atoms with Crippen LogP contribution in [0.15, 0.2) is 90.6 Å². The van der Waals surface area contributed by atoms with Crippen molar-refractivity contribution in [1.82, 2.24) is 4.98 Å². The zero-order valence-corrected chi connectivity index (χ0v) is 36.8. The third-order valence-electron chi connectivity index (χ3n) is 10.9. The molecule has 0 bridgehead atoms. The Bertz CT molecular complexity index is 2090. The van der Waals surface area contributed by atoms with Crippen molar-refractivity contribution >= 4 is 44.5 Å². The van der Waals surface area contributed by atoms with E-state index in [1.54, 1.807) is 11.3 Å². The smallest absolute Gasteiger partial charge is 0.207 e. The van der Waals surface area contributed by atoms with Gasteiger partial charge < -0.3 is 23.7 Å². The molecule has 59 heavy (non-hydrogen) atoms. The average molecular weight is 839 g/mol. The lowest BCUT2D eigenvalue weighted by atomic mass is 9.84. The Morgan fingerprint density at radius 3 is 2.41 bits per heavy atom. The van der Waals surface area contributed by atoms with Gasteiger partial charge in [-0.15, -0.1) is 6.58 Å². The largest absolute Gasteiger partial charge is 0.493 e. The van der Waals surface area contributed by atoms with Crippen molar-refractivity contribution in [3.8, 4) is 17.2 Å². The van der Waals surface area contributed by atoms with E-state index in [4.69, 9.17) is 45.4 Å². The summed E-state index contributed by atoms with van der Waals surface area (Å²) >= 11 is 8.35. The quantitative estimate of drug-likeness (QED) is 0.0251. The Balaban J connectivity index is 1.13. The van der Waals surface area contributed by atoms with Crippen LogP contribution in [0.2, 0.25) is 5.02 Å². The molecule has 1 aromatic heterocycles. The molecule has 10 heteroatoms. The third-order valence-corrected chi connectivity index (χ3v) is 12.2. The minimum absolute atomic E-state index is 0.241. The number of ether oxygens (including phenoxy) is 5. The number of thiazole rings is 1.